The third kappa shape index (κ3) is 4.97. The smallest absolute Gasteiger partial charge is 0.239 e. The Morgan fingerprint density at radius 3 is 2.17 bits per heavy atom. The van der Waals surface area contributed by atoms with E-state index in [4.69, 9.17) is 0 Å². The van der Waals surface area contributed by atoms with Crippen molar-refractivity contribution >= 4 is 5.91 Å². The summed E-state index contributed by atoms with van der Waals surface area (Å²) in [5.41, 5.74) is 0. The van der Waals surface area contributed by atoms with E-state index in [1.807, 2.05) is 6.92 Å². The molecule has 0 bridgehead atoms. The predicted molar refractivity (Wildman–Crippen MR) is 76.6 cm³/mol. The maximum absolute atomic E-state index is 12.4. The largest absolute Gasteiger partial charge is 0.341 e. The molecule has 1 aliphatic heterocycles. The molecule has 3 heteroatoms. The number of likely N-dealkylation sites (tertiary alicyclic amines) is 1. The maximum Gasteiger partial charge on any atom is 0.239 e. The number of hydrogen-bond donors (Lipinski definition) is 0. The molecule has 106 valence electrons. The summed E-state index contributed by atoms with van der Waals surface area (Å²) in [7, 11) is 2.07. The first-order chi connectivity index (χ1) is 8.52. The van der Waals surface area contributed by atoms with E-state index in [-0.39, 0.29) is 6.04 Å². The minimum atomic E-state index is 0.0295. The molecule has 0 N–H and O–H groups in total. The van der Waals surface area contributed by atoms with Crippen LogP contribution in [0.1, 0.15) is 52.9 Å². The Bertz CT molecular complexity index is 245. The zero-order valence-electron chi connectivity index (χ0n) is 12.6. The third-order valence-electron chi connectivity index (χ3n) is 4.00. The van der Waals surface area contributed by atoms with Crippen molar-refractivity contribution in [3.8, 4) is 0 Å². The van der Waals surface area contributed by atoms with Gasteiger partial charge < -0.3 is 4.90 Å². The Kier molecular flexibility index (Phi) is 6.69. The fraction of sp³-hybridized carbons (Fsp3) is 0.933. The first-order valence-electron chi connectivity index (χ1n) is 7.51. The fourth-order valence-electron chi connectivity index (χ4n) is 2.40. The van der Waals surface area contributed by atoms with Gasteiger partial charge in [0.05, 0.1) is 6.04 Å². The second kappa shape index (κ2) is 7.78. The van der Waals surface area contributed by atoms with E-state index in [9.17, 15) is 4.79 Å². The van der Waals surface area contributed by atoms with E-state index in [1.165, 1.54) is 25.7 Å². The molecule has 3 nitrogen and oxygen atoms in total. The van der Waals surface area contributed by atoms with E-state index in [2.05, 4.69) is 30.7 Å². The lowest BCUT2D eigenvalue weighted by atomic mass is 10.1. The highest BCUT2D eigenvalue weighted by Gasteiger charge is 2.24. The van der Waals surface area contributed by atoms with Crippen molar-refractivity contribution < 1.29 is 4.79 Å². The van der Waals surface area contributed by atoms with Crippen molar-refractivity contribution in [3.05, 3.63) is 0 Å². The molecule has 0 unspecified atom stereocenters. The van der Waals surface area contributed by atoms with Crippen LogP contribution in [0, 0.1) is 5.92 Å². The van der Waals surface area contributed by atoms with Crippen LogP contribution in [0.2, 0.25) is 0 Å². The molecule has 1 atom stereocenters. The van der Waals surface area contributed by atoms with Gasteiger partial charge in [-0.3, -0.25) is 9.69 Å². The van der Waals surface area contributed by atoms with Gasteiger partial charge in [-0.2, -0.15) is 0 Å². The van der Waals surface area contributed by atoms with Gasteiger partial charge in [-0.1, -0.05) is 26.7 Å². The number of nitrogens with zero attached hydrogens (tertiary/aromatic N) is 2. The van der Waals surface area contributed by atoms with E-state index in [1.54, 1.807) is 0 Å². The SMILES string of the molecule is CC(C)CCN(C)[C@@H](C)C(=O)N1CCCCCC1. The van der Waals surface area contributed by atoms with E-state index in [0.717, 1.165) is 26.1 Å². The Balaban J connectivity index is 2.43. The summed E-state index contributed by atoms with van der Waals surface area (Å²) in [6, 6.07) is 0.0295. The Hall–Kier alpha value is -0.570. The predicted octanol–water partition coefficient (Wildman–Crippen LogP) is 2.76. The highest BCUT2D eigenvalue weighted by Crippen LogP contribution is 2.13. The molecule has 1 amide bonds. The van der Waals surface area contributed by atoms with Crippen molar-refractivity contribution in [2.75, 3.05) is 26.7 Å². The Morgan fingerprint density at radius 1 is 1.11 bits per heavy atom. The van der Waals surface area contributed by atoms with Crippen LogP contribution in [0.15, 0.2) is 0 Å². The van der Waals surface area contributed by atoms with Gasteiger partial charge in [-0.15, -0.1) is 0 Å². The summed E-state index contributed by atoms with van der Waals surface area (Å²) in [6.07, 6.45) is 6.07. The lowest BCUT2D eigenvalue weighted by Gasteiger charge is -2.30. The molecule has 1 aliphatic rings. The average Bonchev–Trinajstić information content (AvgIpc) is 2.62. The van der Waals surface area contributed by atoms with Gasteiger partial charge in [-0.25, -0.2) is 0 Å². The third-order valence-corrected chi connectivity index (χ3v) is 4.00. The lowest BCUT2D eigenvalue weighted by molar-refractivity contribution is -0.135. The molecule has 1 saturated heterocycles. The van der Waals surface area contributed by atoms with E-state index in [0.29, 0.717) is 11.8 Å². The van der Waals surface area contributed by atoms with Crippen LogP contribution < -0.4 is 0 Å². The van der Waals surface area contributed by atoms with Crippen LogP contribution in [0.5, 0.6) is 0 Å². The Labute approximate surface area is 113 Å². The summed E-state index contributed by atoms with van der Waals surface area (Å²) < 4.78 is 0. The minimum Gasteiger partial charge on any atom is -0.341 e. The summed E-state index contributed by atoms with van der Waals surface area (Å²) >= 11 is 0. The number of carbonyl (C=O) groups is 1. The van der Waals surface area contributed by atoms with Gasteiger partial charge in [0.1, 0.15) is 0 Å². The summed E-state index contributed by atoms with van der Waals surface area (Å²) in [5.74, 6) is 1.02. The van der Waals surface area contributed by atoms with Gasteiger partial charge in [-0.05, 0) is 45.7 Å². The molecular formula is C15H30N2O. The molecular weight excluding hydrogens is 224 g/mol. The molecule has 18 heavy (non-hydrogen) atoms. The van der Waals surface area contributed by atoms with Crippen LogP contribution in [0.25, 0.3) is 0 Å². The quantitative estimate of drug-likeness (QED) is 0.753. The molecule has 0 saturated carbocycles. The summed E-state index contributed by atoms with van der Waals surface area (Å²) in [4.78, 5) is 16.7. The van der Waals surface area contributed by atoms with Crippen LogP contribution >= 0.6 is 0 Å². The number of rotatable bonds is 5. The van der Waals surface area contributed by atoms with Crippen LogP contribution in [0.4, 0.5) is 0 Å². The number of likely N-dealkylation sites (N-methyl/N-ethyl adjacent to an activating group) is 1. The van der Waals surface area contributed by atoms with E-state index >= 15 is 0 Å². The standard InChI is InChI=1S/C15H30N2O/c1-13(2)9-12-16(4)14(3)15(18)17-10-7-5-6-8-11-17/h13-14H,5-12H2,1-4H3/t14-/m0/s1. The number of amides is 1. The number of hydrogen-bond acceptors (Lipinski definition) is 2. The van der Waals surface area contributed by atoms with Crippen LogP contribution in [-0.2, 0) is 4.79 Å². The highest BCUT2D eigenvalue weighted by atomic mass is 16.2. The molecule has 0 spiro atoms. The second-order valence-electron chi connectivity index (χ2n) is 6.08. The molecule has 0 aromatic rings. The topological polar surface area (TPSA) is 23.6 Å². The molecule has 0 aliphatic carbocycles. The van der Waals surface area contributed by atoms with Gasteiger partial charge in [0.15, 0.2) is 0 Å². The molecule has 0 radical (unpaired) electrons. The normalized spacial score (nSPS) is 19.1. The zero-order valence-corrected chi connectivity index (χ0v) is 12.6. The summed E-state index contributed by atoms with van der Waals surface area (Å²) in [6.45, 7) is 9.44. The second-order valence-corrected chi connectivity index (χ2v) is 6.08. The maximum atomic E-state index is 12.4. The van der Waals surface area contributed by atoms with Crippen LogP contribution in [-0.4, -0.2) is 48.4 Å². The van der Waals surface area contributed by atoms with Gasteiger partial charge in [0.2, 0.25) is 5.91 Å². The first-order valence-corrected chi connectivity index (χ1v) is 7.51. The number of carbonyl (C=O) groups excluding carboxylic acids is 1. The highest BCUT2D eigenvalue weighted by molar-refractivity contribution is 5.81. The van der Waals surface area contributed by atoms with Crippen molar-refractivity contribution in [2.45, 2.75) is 58.9 Å². The van der Waals surface area contributed by atoms with Crippen molar-refractivity contribution in [1.29, 1.82) is 0 Å². The molecule has 1 heterocycles. The summed E-state index contributed by atoms with van der Waals surface area (Å²) in [5, 5.41) is 0. The molecule has 0 aromatic heterocycles. The van der Waals surface area contributed by atoms with Gasteiger partial charge in [0.25, 0.3) is 0 Å². The zero-order chi connectivity index (χ0) is 13.5. The van der Waals surface area contributed by atoms with Gasteiger partial charge >= 0.3 is 0 Å². The monoisotopic (exact) mass is 254 g/mol. The van der Waals surface area contributed by atoms with Crippen LogP contribution in [0.3, 0.4) is 0 Å². The van der Waals surface area contributed by atoms with Crippen molar-refractivity contribution in [1.82, 2.24) is 9.80 Å². The molecule has 1 rings (SSSR count). The molecule has 1 fully saturated rings. The van der Waals surface area contributed by atoms with E-state index < -0.39 is 0 Å². The Morgan fingerprint density at radius 2 is 1.67 bits per heavy atom. The van der Waals surface area contributed by atoms with Crippen molar-refractivity contribution in [2.24, 2.45) is 5.92 Å². The minimum absolute atomic E-state index is 0.0295. The fourth-order valence-corrected chi connectivity index (χ4v) is 2.40. The molecule has 0 aromatic carbocycles. The van der Waals surface area contributed by atoms with Crippen molar-refractivity contribution in [3.63, 3.8) is 0 Å². The average molecular weight is 254 g/mol. The lowest BCUT2D eigenvalue weighted by Crippen LogP contribution is -2.46. The first kappa shape index (κ1) is 15.5. The van der Waals surface area contributed by atoms with Gasteiger partial charge in [0, 0.05) is 13.1 Å².